The summed E-state index contributed by atoms with van der Waals surface area (Å²) in [7, 11) is 0. The fraction of sp³-hybridized carbons (Fsp3) is 0.500. The Morgan fingerprint density at radius 1 is 1.36 bits per heavy atom. The van der Waals surface area contributed by atoms with Crippen LogP contribution in [0.2, 0.25) is 0 Å². The van der Waals surface area contributed by atoms with Crippen molar-refractivity contribution in [2.45, 2.75) is 30.7 Å². The maximum absolute atomic E-state index is 13.1. The Balaban J connectivity index is 1.95. The quantitative estimate of drug-likeness (QED) is 0.719. The lowest BCUT2D eigenvalue weighted by Gasteiger charge is -2.18. The van der Waals surface area contributed by atoms with Gasteiger partial charge in [0.25, 0.3) is 0 Å². The van der Waals surface area contributed by atoms with E-state index in [1.807, 2.05) is 6.07 Å². The molecule has 74 valence electrons. The van der Waals surface area contributed by atoms with Crippen molar-refractivity contribution in [2.75, 3.05) is 6.54 Å². The minimum absolute atomic E-state index is 0.106. The average Bonchev–Trinajstić information content (AvgIpc) is 2.78. The molecule has 1 saturated heterocycles. The number of rotatable bonds is 1. The van der Waals surface area contributed by atoms with E-state index in [0.717, 1.165) is 13.0 Å². The molecule has 0 radical (unpaired) electrons. The lowest BCUT2D eigenvalue weighted by atomic mass is 9.90. The first-order valence-electron chi connectivity index (χ1n) is 5.31. The Kier molecular flexibility index (Phi) is 1.68. The summed E-state index contributed by atoms with van der Waals surface area (Å²) in [5.74, 6) is 0.434. The van der Waals surface area contributed by atoms with Crippen LogP contribution in [0.1, 0.15) is 30.7 Å². The van der Waals surface area contributed by atoms with Gasteiger partial charge in [-0.2, -0.15) is 0 Å². The summed E-state index contributed by atoms with van der Waals surface area (Å²) in [6, 6.07) is 7.09. The number of nitrogens with one attached hydrogen (secondary N) is 1. The van der Waals surface area contributed by atoms with Crippen molar-refractivity contribution in [3.8, 4) is 0 Å². The van der Waals surface area contributed by atoms with Gasteiger partial charge in [-0.25, -0.2) is 4.39 Å². The fourth-order valence-corrected chi connectivity index (χ4v) is 2.73. The highest BCUT2D eigenvalue weighted by atomic mass is 19.1. The summed E-state index contributed by atoms with van der Waals surface area (Å²) in [5, 5.41) is 3.55. The van der Waals surface area contributed by atoms with Crippen LogP contribution >= 0.6 is 0 Å². The molecule has 0 amide bonds. The molecule has 1 aliphatic carbocycles. The van der Waals surface area contributed by atoms with E-state index in [-0.39, 0.29) is 5.82 Å². The zero-order valence-electron chi connectivity index (χ0n) is 8.09. The Hall–Kier alpha value is -0.890. The van der Waals surface area contributed by atoms with Crippen LogP contribution in [-0.2, 0) is 0 Å². The Bertz CT molecular complexity index is 357. The van der Waals surface area contributed by atoms with Crippen molar-refractivity contribution < 1.29 is 4.39 Å². The highest BCUT2D eigenvalue weighted by molar-refractivity contribution is 5.30. The smallest absolute Gasteiger partial charge is 0.123 e. The third-order valence-corrected chi connectivity index (χ3v) is 3.62. The molecule has 0 bridgehead atoms. The van der Waals surface area contributed by atoms with Crippen molar-refractivity contribution in [1.29, 1.82) is 0 Å². The molecule has 2 aliphatic rings. The number of halogens is 1. The first kappa shape index (κ1) is 8.42. The van der Waals surface area contributed by atoms with Crippen molar-refractivity contribution in [2.24, 2.45) is 0 Å². The van der Waals surface area contributed by atoms with Crippen LogP contribution in [0, 0.1) is 5.82 Å². The largest absolute Gasteiger partial charge is 0.311 e. The van der Waals surface area contributed by atoms with Crippen molar-refractivity contribution in [1.82, 2.24) is 5.32 Å². The maximum atomic E-state index is 13.1. The van der Waals surface area contributed by atoms with Gasteiger partial charge in [-0.15, -0.1) is 0 Å². The molecule has 14 heavy (non-hydrogen) atoms. The van der Waals surface area contributed by atoms with E-state index < -0.39 is 0 Å². The second kappa shape index (κ2) is 2.80. The lowest BCUT2D eigenvalue weighted by Crippen LogP contribution is -2.27. The van der Waals surface area contributed by atoms with Gasteiger partial charge in [-0.3, -0.25) is 0 Å². The highest BCUT2D eigenvalue weighted by Crippen LogP contribution is 2.51. The predicted molar refractivity (Wildman–Crippen MR) is 53.7 cm³/mol. The molecule has 3 rings (SSSR count). The van der Waals surface area contributed by atoms with Crippen LogP contribution in [0.3, 0.4) is 0 Å². The molecule has 1 nitrogen and oxygen atoms in total. The van der Waals surface area contributed by atoms with Gasteiger partial charge in [0.1, 0.15) is 5.82 Å². The zero-order chi connectivity index (χ0) is 9.60. The molecule has 1 atom stereocenters. The van der Waals surface area contributed by atoms with E-state index in [4.69, 9.17) is 0 Å². The summed E-state index contributed by atoms with van der Waals surface area (Å²) in [6.45, 7) is 1.08. The van der Waals surface area contributed by atoms with Gasteiger partial charge in [-0.05, 0) is 43.5 Å². The summed E-state index contributed by atoms with van der Waals surface area (Å²) >= 11 is 0. The van der Waals surface area contributed by atoms with E-state index in [9.17, 15) is 4.39 Å². The fourth-order valence-electron chi connectivity index (χ4n) is 2.73. The van der Waals surface area contributed by atoms with Gasteiger partial charge in [-0.1, -0.05) is 12.1 Å². The van der Waals surface area contributed by atoms with Crippen LogP contribution in [0.15, 0.2) is 24.3 Å². The van der Waals surface area contributed by atoms with Crippen LogP contribution in [0.4, 0.5) is 4.39 Å². The molecule has 1 unspecified atom stereocenters. The Morgan fingerprint density at radius 2 is 2.21 bits per heavy atom. The molecule has 2 heteroatoms. The monoisotopic (exact) mass is 191 g/mol. The third kappa shape index (κ3) is 1.17. The number of hydrogen-bond acceptors (Lipinski definition) is 1. The topological polar surface area (TPSA) is 12.0 Å². The third-order valence-electron chi connectivity index (χ3n) is 3.62. The molecule has 1 aliphatic heterocycles. The number of benzene rings is 1. The van der Waals surface area contributed by atoms with Crippen molar-refractivity contribution in [3.05, 3.63) is 35.6 Å². The van der Waals surface area contributed by atoms with Crippen LogP contribution < -0.4 is 5.32 Å². The molecule has 0 aromatic heterocycles. The minimum Gasteiger partial charge on any atom is -0.311 e. The van der Waals surface area contributed by atoms with E-state index in [1.54, 1.807) is 6.07 Å². The Morgan fingerprint density at radius 3 is 2.93 bits per heavy atom. The SMILES string of the molecule is Fc1cccc(C2CCNC23CC3)c1. The first-order valence-corrected chi connectivity index (χ1v) is 5.31. The first-order chi connectivity index (χ1) is 6.80. The summed E-state index contributed by atoms with van der Waals surface area (Å²) in [6.07, 6.45) is 3.67. The summed E-state index contributed by atoms with van der Waals surface area (Å²) in [4.78, 5) is 0. The Labute approximate surface area is 83.3 Å². The van der Waals surface area contributed by atoms with E-state index in [0.29, 0.717) is 11.5 Å². The molecule has 1 heterocycles. The molecular weight excluding hydrogens is 177 g/mol. The number of hydrogen-bond donors (Lipinski definition) is 1. The van der Waals surface area contributed by atoms with E-state index in [1.165, 1.54) is 24.5 Å². The second-order valence-corrected chi connectivity index (χ2v) is 4.48. The van der Waals surface area contributed by atoms with Gasteiger partial charge in [0.15, 0.2) is 0 Å². The van der Waals surface area contributed by atoms with Crippen LogP contribution in [0.5, 0.6) is 0 Å². The van der Waals surface area contributed by atoms with Gasteiger partial charge in [0.2, 0.25) is 0 Å². The molecule has 1 aromatic carbocycles. The van der Waals surface area contributed by atoms with E-state index >= 15 is 0 Å². The maximum Gasteiger partial charge on any atom is 0.123 e. The molecule has 1 spiro atoms. The van der Waals surface area contributed by atoms with Crippen molar-refractivity contribution in [3.63, 3.8) is 0 Å². The molecule has 1 aromatic rings. The standard InChI is InChI=1S/C12H14FN/c13-10-3-1-2-9(8-10)11-4-7-14-12(11)5-6-12/h1-3,8,11,14H,4-7H2. The molecular formula is C12H14FN. The van der Waals surface area contributed by atoms with Crippen LogP contribution in [-0.4, -0.2) is 12.1 Å². The second-order valence-electron chi connectivity index (χ2n) is 4.48. The van der Waals surface area contributed by atoms with Crippen LogP contribution in [0.25, 0.3) is 0 Å². The van der Waals surface area contributed by atoms with Gasteiger partial charge in [0.05, 0.1) is 0 Å². The summed E-state index contributed by atoms with van der Waals surface area (Å²) in [5.41, 5.74) is 1.51. The molecule has 1 N–H and O–H groups in total. The zero-order valence-corrected chi connectivity index (χ0v) is 8.09. The average molecular weight is 191 g/mol. The van der Waals surface area contributed by atoms with Crippen molar-refractivity contribution >= 4 is 0 Å². The normalized spacial score (nSPS) is 28.2. The molecule has 2 fully saturated rings. The van der Waals surface area contributed by atoms with Gasteiger partial charge in [0, 0.05) is 11.5 Å². The van der Waals surface area contributed by atoms with Gasteiger partial charge < -0.3 is 5.32 Å². The van der Waals surface area contributed by atoms with E-state index in [2.05, 4.69) is 11.4 Å². The highest BCUT2D eigenvalue weighted by Gasteiger charge is 2.52. The van der Waals surface area contributed by atoms with Gasteiger partial charge >= 0.3 is 0 Å². The predicted octanol–water partition coefficient (Wildman–Crippen LogP) is 2.44. The minimum atomic E-state index is -0.106. The lowest BCUT2D eigenvalue weighted by molar-refractivity contribution is 0.531. The summed E-state index contributed by atoms with van der Waals surface area (Å²) < 4.78 is 13.1. The molecule has 1 saturated carbocycles.